The molecule has 0 radical (unpaired) electrons. The Morgan fingerprint density at radius 3 is 2.00 bits per heavy atom. The maximum Gasteiger partial charge on any atom is 0.218 e. The van der Waals surface area contributed by atoms with Crippen LogP contribution in [0.15, 0.2) is 0 Å². The van der Waals surface area contributed by atoms with Gasteiger partial charge in [-0.3, -0.25) is 0 Å². The van der Waals surface area contributed by atoms with Gasteiger partial charge < -0.3 is 5.32 Å². The molecule has 0 fully saturated rings. The highest BCUT2D eigenvalue weighted by molar-refractivity contribution is 7.89. The van der Waals surface area contributed by atoms with E-state index in [0.29, 0.717) is 19.1 Å². The van der Waals surface area contributed by atoms with Crippen molar-refractivity contribution in [3.63, 3.8) is 0 Å². The molecule has 0 saturated heterocycles. The first-order valence-electron chi connectivity index (χ1n) is 6.51. The van der Waals surface area contributed by atoms with E-state index in [1.165, 1.54) is 0 Å². The number of nitrogens with one attached hydrogen (secondary N) is 1. The van der Waals surface area contributed by atoms with Gasteiger partial charge in [0.2, 0.25) is 10.0 Å². The minimum Gasteiger partial charge on any atom is -0.313 e. The summed E-state index contributed by atoms with van der Waals surface area (Å²) >= 11 is 0. The van der Waals surface area contributed by atoms with E-state index in [0.717, 1.165) is 6.42 Å². The Kier molecular flexibility index (Phi) is 7.28. The topological polar surface area (TPSA) is 49.4 Å². The van der Waals surface area contributed by atoms with Gasteiger partial charge in [0.1, 0.15) is 0 Å². The van der Waals surface area contributed by atoms with Crippen molar-refractivity contribution >= 4 is 10.0 Å². The normalized spacial score (nSPS) is 16.5. The molecule has 0 spiro atoms. The van der Waals surface area contributed by atoms with Crippen LogP contribution in [0.5, 0.6) is 0 Å². The van der Waals surface area contributed by atoms with Crippen LogP contribution >= 0.6 is 0 Å². The van der Waals surface area contributed by atoms with E-state index in [4.69, 9.17) is 0 Å². The maximum atomic E-state index is 12.4. The molecular weight excluding hydrogens is 236 g/mol. The van der Waals surface area contributed by atoms with Crippen LogP contribution in [0.4, 0.5) is 0 Å². The van der Waals surface area contributed by atoms with Crippen LogP contribution in [0, 0.1) is 0 Å². The van der Waals surface area contributed by atoms with Gasteiger partial charge in [0.05, 0.1) is 5.25 Å². The lowest BCUT2D eigenvalue weighted by Gasteiger charge is -2.29. The molecule has 0 amide bonds. The van der Waals surface area contributed by atoms with Gasteiger partial charge in [0.15, 0.2) is 0 Å². The Bertz CT molecular complexity index is 302. The molecule has 2 unspecified atom stereocenters. The highest BCUT2D eigenvalue weighted by Crippen LogP contribution is 2.14. The Balaban J connectivity index is 4.72. The SMILES string of the molecule is CCC(C)N(CC)S(=O)(=O)C(C)CNC(C)C. The molecule has 2 atom stereocenters. The summed E-state index contributed by atoms with van der Waals surface area (Å²) in [6.07, 6.45) is 0.845. The summed E-state index contributed by atoms with van der Waals surface area (Å²) in [5.74, 6) is 0. The molecule has 0 aliphatic carbocycles. The first-order chi connectivity index (χ1) is 7.77. The van der Waals surface area contributed by atoms with Gasteiger partial charge in [0.25, 0.3) is 0 Å². The molecule has 0 saturated carbocycles. The molecule has 17 heavy (non-hydrogen) atoms. The molecule has 0 aliphatic rings. The summed E-state index contributed by atoms with van der Waals surface area (Å²) in [7, 11) is -3.19. The van der Waals surface area contributed by atoms with Crippen LogP contribution in [-0.4, -0.2) is 43.1 Å². The number of nitrogens with zero attached hydrogens (tertiary/aromatic N) is 1. The van der Waals surface area contributed by atoms with E-state index in [-0.39, 0.29) is 11.3 Å². The Morgan fingerprint density at radius 1 is 1.12 bits per heavy atom. The van der Waals surface area contributed by atoms with Gasteiger partial charge >= 0.3 is 0 Å². The van der Waals surface area contributed by atoms with Crippen LogP contribution in [0.25, 0.3) is 0 Å². The van der Waals surface area contributed by atoms with Crippen LogP contribution in [-0.2, 0) is 10.0 Å². The molecule has 0 aromatic heterocycles. The summed E-state index contributed by atoms with van der Waals surface area (Å²) in [4.78, 5) is 0. The highest BCUT2D eigenvalue weighted by Gasteiger charge is 2.30. The zero-order valence-corrected chi connectivity index (χ0v) is 12.8. The fourth-order valence-corrected chi connectivity index (χ4v) is 3.46. The predicted molar refractivity (Wildman–Crippen MR) is 73.7 cm³/mol. The number of sulfonamides is 1. The zero-order valence-electron chi connectivity index (χ0n) is 12.0. The first kappa shape index (κ1) is 16.9. The summed E-state index contributed by atoms with van der Waals surface area (Å²) in [6.45, 7) is 12.7. The quantitative estimate of drug-likeness (QED) is 0.727. The number of hydrogen-bond acceptors (Lipinski definition) is 3. The lowest BCUT2D eigenvalue weighted by molar-refractivity contribution is 0.337. The predicted octanol–water partition coefficient (Wildman–Crippen LogP) is 1.82. The summed E-state index contributed by atoms with van der Waals surface area (Å²) in [6, 6.07) is 0.387. The van der Waals surface area contributed by atoms with Crippen LogP contribution in [0.3, 0.4) is 0 Å². The molecule has 0 heterocycles. The maximum absolute atomic E-state index is 12.4. The van der Waals surface area contributed by atoms with Crippen LogP contribution < -0.4 is 5.32 Å². The first-order valence-corrected chi connectivity index (χ1v) is 8.01. The van der Waals surface area contributed by atoms with Gasteiger partial charge in [0, 0.05) is 25.2 Å². The van der Waals surface area contributed by atoms with E-state index in [9.17, 15) is 8.42 Å². The van der Waals surface area contributed by atoms with E-state index < -0.39 is 10.0 Å². The molecule has 4 nitrogen and oxygen atoms in total. The molecule has 0 aliphatic heterocycles. The minimum absolute atomic E-state index is 0.0755. The fraction of sp³-hybridized carbons (Fsp3) is 1.00. The van der Waals surface area contributed by atoms with E-state index in [2.05, 4.69) is 5.32 Å². The van der Waals surface area contributed by atoms with Crippen molar-refractivity contribution < 1.29 is 8.42 Å². The van der Waals surface area contributed by atoms with Gasteiger partial charge in [-0.05, 0) is 20.3 Å². The van der Waals surface area contributed by atoms with Crippen molar-refractivity contribution in [2.75, 3.05) is 13.1 Å². The Hall–Kier alpha value is -0.130. The lowest BCUT2D eigenvalue weighted by Crippen LogP contribution is -2.46. The van der Waals surface area contributed by atoms with Crippen molar-refractivity contribution in [1.29, 1.82) is 0 Å². The zero-order chi connectivity index (χ0) is 13.6. The van der Waals surface area contributed by atoms with Crippen molar-refractivity contribution in [2.24, 2.45) is 0 Å². The van der Waals surface area contributed by atoms with E-state index in [1.807, 2.05) is 34.6 Å². The third-order valence-electron chi connectivity index (χ3n) is 3.04. The molecule has 0 aromatic rings. The average Bonchev–Trinajstić information content (AvgIpc) is 2.25. The van der Waals surface area contributed by atoms with Crippen LogP contribution in [0.2, 0.25) is 0 Å². The van der Waals surface area contributed by atoms with Crippen LogP contribution in [0.1, 0.15) is 48.0 Å². The highest BCUT2D eigenvalue weighted by atomic mass is 32.2. The number of rotatable bonds is 8. The van der Waals surface area contributed by atoms with Gasteiger partial charge in [-0.1, -0.05) is 27.7 Å². The van der Waals surface area contributed by atoms with Gasteiger partial charge in [-0.2, -0.15) is 4.31 Å². The Labute approximate surface area is 107 Å². The van der Waals surface area contributed by atoms with Crippen molar-refractivity contribution in [3.05, 3.63) is 0 Å². The largest absolute Gasteiger partial charge is 0.313 e. The molecule has 104 valence electrons. The second kappa shape index (κ2) is 7.34. The summed E-state index contributed by atoms with van der Waals surface area (Å²) < 4.78 is 26.3. The van der Waals surface area contributed by atoms with Crippen molar-refractivity contribution in [2.45, 2.75) is 65.3 Å². The summed E-state index contributed by atoms with van der Waals surface area (Å²) in [5.41, 5.74) is 0. The van der Waals surface area contributed by atoms with Crippen molar-refractivity contribution in [1.82, 2.24) is 9.62 Å². The lowest BCUT2D eigenvalue weighted by atomic mass is 10.3. The third-order valence-corrected chi connectivity index (χ3v) is 5.50. The van der Waals surface area contributed by atoms with Gasteiger partial charge in [-0.25, -0.2) is 8.42 Å². The summed E-state index contributed by atoms with van der Waals surface area (Å²) in [5, 5.41) is 2.81. The fourth-order valence-electron chi connectivity index (χ4n) is 1.68. The second-order valence-electron chi connectivity index (χ2n) is 4.88. The standard InChI is InChI=1S/C12H28N2O2S/c1-7-11(5)14(8-2)17(15,16)12(6)9-13-10(3)4/h10-13H,7-9H2,1-6H3. The monoisotopic (exact) mass is 264 g/mol. The second-order valence-corrected chi connectivity index (χ2v) is 7.18. The molecular formula is C12H28N2O2S. The minimum atomic E-state index is -3.19. The third kappa shape index (κ3) is 4.94. The number of hydrogen-bond donors (Lipinski definition) is 1. The van der Waals surface area contributed by atoms with Gasteiger partial charge in [-0.15, -0.1) is 0 Å². The smallest absolute Gasteiger partial charge is 0.218 e. The molecule has 0 rings (SSSR count). The molecule has 1 N–H and O–H groups in total. The molecule has 0 aromatic carbocycles. The average molecular weight is 264 g/mol. The van der Waals surface area contributed by atoms with E-state index >= 15 is 0 Å². The molecule has 0 bridgehead atoms. The Morgan fingerprint density at radius 2 is 1.65 bits per heavy atom. The van der Waals surface area contributed by atoms with E-state index in [1.54, 1.807) is 11.2 Å². The molecule has 5 heteroatoms. The van der Waals surface area contributed by atoms with Crippen molar-refractivity contribution in [3.8, 4) is 0 Å².